The molecule has 0 radical (unpaired) electrons. The van der Waals surface area contributed by atoms with E-state index in [2.05, 4.69) is 10.1 Å². The molecule has 9 nitrogen and oxygen atoms in total. The van der Waals surface area contributed by atoms with Crippen molar-refractivity contribution < 1.29 is 23.6 Å². The van der Waals surface area contributed by atoms with E-state index < -0.39 is 29.6 Å². The second-order valence-corrected chi connectivity index (χ2v) is 8.19. The monoisotopic (exact) mass is 458 g/mol. The van der Waals surface area contributed by atoms with Crippen LogP contribution >= 0.6 is 0 Å². The topological polar surface area (TPSA) is 126 Å². The minimum absolute atomic E-state index is 0.215. The number of amides is 1. The number of benzene rings is 2. The van der Waals surface area contributed by atoms with Crippen LogP contribution in [0.4, 0.5) is 5.69 Å². The van der Waals surface area contributed by atoms with Crippen LogP contribution in [0.5, 0.6) is 5.75 Å². The standard InChI is InChI=1S/C25H22N4O5/c1-14(2)22(30)20-21(18-6-4-5-7-19(18)33-13-12-26)29(25(32)23(20)31)17-10-8-16(9-11-17)24-27-15(3)34-28-24/h4-11,14,20-21H,13H2,1-3H3. The number of anilines is 1. The van der Waals surface area contributed by atoms with E-state index in [0.717, 1.165) is 0 Å². The zero-order valence-electron chi connectivity index (χ0n) is 18.9. The minimum Gasteiger partial charge on any atom is -0.478 e. The summed E-state index contributed by atoms with van der Waals surface area (Å²) < 4.78 is 10.6. The van der Waals surface area contributed by atoms with Crippen LogP contribution in [0.25, 0.3) is 11.4 Å². The Labute approximate surface area is 195 Å². The molecule has 1 aliphatic rings. The zero-order chi connectivity index (χ0) is 24.4. The van der Waals surface area contributed by atoms with Gasteiger partial charge in [0.05, 0.1) is 6.04 Å². The lowest BCUT2D eigenvalue weighted by Crippen LogP contribution is -2.32. The molecule has 1 aliphatic heterocycles. The third-order valence-corrected chi connectivity index (χ3v) is 5.64. The van der Waals surface area contributed by atoms with Gasteiger partial charge in [0.2, 0.25) is 17.5 Å². The maximum Gasteiger partial charge on any atom is 0.295 e. The van der Waals surface area contributed by atoms with Crippen LogP contribution in [0.1, 0.15) is 31.3 Å². The lowest BCUT2D eigenvalue weighted by Gasteiger charge is -2.29. The van der Waals surface area contributed by atoms with E-state index in [1.54, 1.807) is 69.3 Å². The first kappa shape index (κ1) is 22.9. The highest BCUT2D eigenvalue weighted by molar-refractivity contribution is 6.48. The highest BCUT2D eigenvalue weighted by atomic mass is 16.5. The molecule has 2 heterocycles. The average Bonchev–Trinajstić information content (AvgIpc) is 3.38. The SMILES string of the molecule is Cc1nc(-c2ccc(N3C(=O)C(=O)C(C(=O)C(C)C)C3c3ccccc3OCC#N)cc2)no1. The van der Waals surface area contributed by atoms with Crippen molar-refractivity contribution in [2.75, 3.05) is 11.5 Å². The van der Waals surface area contributed by atoms with E-state index in [1.807, 2.05) is 6.07 Å². The van der Waals surface area contributed by atoms with Gasteiger partial charge < -0.3 is 9.26 Å². The molecule has 0 aliphatic carbocycles. The molecule has 9 heteroatoms. The third-order valence-electron chi connectivity index (χ3n) is 5.64. The molecular weight excluding hydrogens is 436 g/mol. The molecule has 1 fully saturated rings. The molecule has 4 rings (SSSR count). The quantitative estimate of drug-likeness (QED) is 0.389. The van der Waals surface area contributed by atoms with Crippen LogP contribution in [0.3, 0.4) is 0 Å². The lowest BCUT2D eigenvalue weighted by atomic mass is 9.84. The Hall–Kier alpha value is -4.32. The van der Waals surface area contributed by atoms with Crippen molar-refractivity contribution in [3.8, 4) is 23.2 Å². The predicted molar refractivity (Wildman–Crippen MR) is 121 cm³/mol. The number of nitrogens with zero attached hydrogens (tertiary/aromatic N) is 4. The number of hydrogen-bond acceptors (Lipinski definition) is 8. The Balaban J connectivity index is 1.82. The van der Waals surface area contributed by atoms with Crippen LogP contribution in [-0.2, 0) is 14.4 Å². The van der Waals surface area contributed by atoms with Crippen LogP contribution in [-0.4, -0.2) is 34.2 Å². The number of carbonyl (C=O) groups is 3. The minimum atomic E-state index is -1.20. The number of aromatic nitrogens is 2. The van der Waals surface area contributed by atoms with E-state index in [1.165, 1.54) is 4.90 Å². The Bertz CT molecular complexity index is 1290. The second-order valence-electron chi connectivity index (χ2n) is 8.19. The third kappa shape index (κ3) is 4.06. The number of nitriles is 1. The largest absolute Gasteiger partial charge is 0.478 e. The summed E-state index contributed by atoms with van der Waals surface area (Å²) in [5.41, 5.74) is 1.58. The fourth-order valence-electron chi connectivity index (χ4n) is 4.06. The number of para-hydroxylation sites is 1. The van der Waals surface area contributed by atoms with Crippen molar-refractivity contribution >= 4 is 23.2 Å². The Morgan fingerprint density at radius 1 is 1.18 bits per heavy atom. The molecule has 1 saturated heterocycles. The van der Waals surface area contributed by atoms with Crippen molar-refractivity contribution in [2.24, 2.45) is 11.8 Å². The van der Waals surface area contributed by atoms with Crippen molar-refractivity contribution in [3.05, 3.63) is 60.0 Å². The first-order valence-corrected chi connectivity index (χ1v) is 10.7. The molecule has 0 saturated carbocycles. The maximum absolute atomic E-state index is 13.2. The maximum atomic E-state index is 13.2. The fourth-order valence-corrected chi connectivity index (χ4v) is 4.06. The number of Topliss-reactive ketones (excluding diaryl/α,β-unsaturated/α-hetero) is 2. The van der Waals surface area contributed by atoms with Crippen LogP contribution in [0.2, 0.25) is 0 Å². The van der Waals surface area contributed by atoms with E-state index in [4.69, 9.17) is 14.5 Å². The molecule has 2 unspecified atom stereocenters. The summed E-state index contributed by atoms with van der Waals surface area (Å²) in [5, 5.41) is 12.9. The molecule has 0 bridgehead atoms. The normalized spacial score (nSPS) is 17.8. The molecule has 34 heavy (non-hydrogen) atoms. The molecular formula is C25H22N4O5. The van der Waals surface area contributed by atoms with E-state index >= 15 is 0 Å². The summed E-state index contributed by atoms with van der Waals surface area (Å²) in [6.45, 7) is 4.86. The summed E-state index contributed by atoms with van der Waals surface area (Å²) in [7, 11) is 0. The molecule has 0 spiro atoms. The van der Waals surface area contributed by atoms with Gasteiger partial charge in [-0.2, -0.15) is 10.2 Å². The van der Waals surface area contributed by atoms with Gasteiger partial charge in [-0.25, -0.2) is 0 Å². The lowest BCUT2D eigenvalue weighted by molar-refractivity contribution is -0.139. The Kier molecular flexibility index (Phi) is 6.23. The zero-order valence-corrected chi connectivity index (χ0v) is 18.9. The van der Waals surface area contributed by atoms with Gasteiger partial charge in [0.15, 0.2) is 6.61 Å². The molecule has 1 aromatic heterocycles. The Morgan fingerprint density at radius 2 is 1.88 bits per heavy atom. The molecule has 1 amide bonds. The highest BCUT2D eigenvalue weighted by Gasteiger charge is 2.53. The summed E-state index contributed by atoms with van der Waals surface area (Å²) in [4.78, 5) is 44.9. The van der Waals surface area contributed by atoms with Crippen LogP contribution in [0.15, 0.2) is 53.1 Å². The number of ether oxygens (including phenoxy) is 1. The van der Waals surface area contributed by atoms with E-state index in [9.17, 15) is 14.4 Å². The molecule has 0 N–H and O–H groups in total. The summed E-state index contributed by atoms with van der Waals surface area (Å²) >= 11 is 0. The number of carbonyl (C=O) groups excluding carboxylic acids is 3. The van der Waals surface area contributed by atoms with Crippen molar-refractivity contribution in [1.29, 1.82) is 5.26 Å². The smallest absolute Gasteiger partial charge is 0.295 e. The summed E-state index contributed by atoms with van der Waals surface area (Å²) in [6, 6.07) is 14.6. The molecule has 2 atom stereocenters. The van der Waals surface area contributed by atoms with Crippen molar-refractivity contribution in [3.63, 3.8) is 0 Å². The average molecular weight is 458 g/mol. The summed E-state index contributed by atoms with van der Waals surface area (Å²) in [5.74, 6) is -2.38. The van der Waals surface area contributed by atoms with Crippen molar-refractivity contribution in [2.45, 2.75) is 26.8 Å². The molecule has 172 valence electrons. The van der Waals surface area contributed by atoms with E-state index in [-0.39, 0.29) is 12.4 Å². The first-order chi connectivity index (χ1) is 16.3. The van der Waals surface area contributed by atoms with Gasteiger partial charge in [0.1, 0.15) is 23.5 Å². The van der Waals surface area contributed by atoms with Crippen molar-refractivity contribution in [1.82, 2.24) is 10.1 Å². The number of rotatable bonds is 7. The number of ketones is 2. The highest BCUT2D eigenvalue weighted by Crippen LogP contribution is 2.44. The van der Waals surface area contributed by atoms with E-state index in [0.29, 0.717) is 34.3 Å². The van der Waals surface area contributed by atoms with Gasteiger partial charge in [0, 0.05) is 29.7 Å². The van der Waals surface area contributed by atoms with Gasteiger partial charge in [-0.3, -0.25) is 19.3 Å². The predicted octanol–water partition coefficient (Wildman–Crippen LogP) is 3.45. The van der Waals surface area contributed by atoms with Gasteiger partial charge >= 0.3 is 0 Å². The van der Waals surface area contributed by atoms with Crippen LogP contribution < -0.4 is 9.64 Å². The molecule has 3 aromatic rings. The fraction of sp³-hybridized carbons (Fsp3) is 0.280. The summed E-state index contributed by atoms with van der Waals surface area (Å²) in [6.07, 6.45) is 0. The number of aryl methyl sites for hydroxylation is 1. The second kappa shape index (κ2) is 9.27. The Morgan fingerprint density at radius 3 is 2.50 bits per heavy atom. The molecule has 2 aromatic carbocycles. The van der Waals surface area contributed by atoms with Gasteiger partial charge in [0.25, 0.3) is 5.91 Å². The number of hydrogen-bond donors (Lipinski definition) is 0. The first-order valence-electron chi connectivity index (χ1n) is 10.7. The van der Waals surface area contributed by atoms with Gasteiger partial charge in [-0.15, -0.1) is 0 Å². The van der Waals surface area contributed by atoms with Gasteiger partial charge in [-0.05, 0) is 30.3 Å². The van der Waals surface area contributed by atoms with Crippen LogP contribution in [0, 0.1) is 30.1 Å². The van der Waals surface area contributed by atoms with Gasteiger partial charge in [-0.1, -0.05) is 37.2 Å².